The zero-order valence-electron chi connectivity index (χ0n) is 12.4. The van der Waals surface area contributed by atoms with Crippen molar-refractivity contribution in [3.63, 3.8) is 0 Å². The SMILES string of the molecule is c1cc(SC2CCCC2)ccc1NC1CCCCCC1. The van der Waals surface area contributed by atoms with Crippen LogP contribution in [-0.4, -0.2) is 11.3 Å². The molecule has 0 aromatic heterocycles. The van der Waals surface area contributed by atoms with E-state index in [0.717, 1.165) is 5.25 Å². The molecular weight excluding hydrogens is 262 g/mol. The second kappa shape index (κ2) is 7.40. The molecule has 110 valence electrons. The second-order valence-corrected chi connectivity index (χ2v) is 7.76. The van der Waals surface area contributed by atoms with Crippen molar-refractivity contribution in [3.8, 4) is 0 Å². The van der Waals surface area contributed by atoms with Gasteiger partial charge in [0.1, 0.15) is 0 Å². The summed E-state index contributed by atoms with van der Waals surface area (Å²) < 4.78 is 0. The summed E-state index contributed by atoms with van der Waals surface area (Å²) in [6.07, 6.45) is 14.0. The normalized spacial score (nSPS) is 21.8. The van der Waals surface area contributed by atoms with Crippen LogP contribution >= 0.6 is 11.8 Å². The summed E-state index contributed by atoms with van der Waals surface area (Å²) in [6.45, 7) is 0. The minimum absolute atomic E-state index is 0.700. The fourth-order valence-electron chi connectivity index (χ4n) is 3.49. The summed E-state index contributed by atoms with van der Waals surface area (Å²) in [5.74, 6) is 0. The molecule has 2 fully saturated rings. The summed E-state index contributed by atoms with van der Waals surface area (Å²) in [6, 6.07) is 9.87. The van der Waals surface area contributed by atoms with Crippen LogP contribution in [0.4, 0.5) is 5.69 Å². The maximum Gasteiger partial charge on any atom is 0.0343 e. The van der Waals surface area contributed by atoms with Gasteiger partial charge in [0.25, 0.3) is 0 Å². The molecule has 0 atom stereocenters. The van der Waals surface area contributed by atoms with Gasteiger partial charge < -0.3 is 5.32 Å². The fourth-order valence-corrected chi connectivity index (χ4v) is 4.73. The van der Waals surface area contributed by atoms with Gasteiger partial charge in [0, 0.05) is 21.9 Å². The molecule has 0 bridgehead atoms. The third kappa shape index (κ3) is 4.18. The van der Waals surface area contributed by atoms with E-state index in [4.69, 9.17) is 0 Å². The molecule has 1 aromatic rings. The molecule has 0 unspecified atom stereocenters. The number of hydrogen-bond acceptors (Lipinski definition) is 2. The molecule has 2 aliphatic rings. The molecule has 2 saturated carbocycles. The first kappa shape index (κ1) is 14.3. The van der Waals surface area contributed by atoms with E-state index in [2.05, 4.69) is 41.3 Å². The Kier molecular flexibility index (Phi) is 5.30. The lowest BCUT2D eigenvalue weighted by Gasteiger charge is -2.18. The lowest BCUT2D eigenvalue weighted by atomic mass is 10.1. The average Bonchev–Trinajstić information content (AvgIpc) is 2.84. The van der Waals surface area contributed by atoms with Crippen LogP contribution < -0.4 is 5.32 Å². The van der Waals surface area contributed by atoms with Gasteiger partial charge in [-0.15, -0.1) is 11.8 Å². The van der Waals surface area contributed by atoms with Crippen LogP contribution in [0.15, 0.2) is 29.2 Å². The van der Waals surface area contributed by atoms with E-state index < -0.39 is 0 Å². The summed E-state index contributed by atoms with van der Waals surface area (Å²) in [7, 11) is 0. The van der Waals surface area contributed by atoms with Crippen molar-refractivity contribution in [1.29, 1.82) is 0 Å². The van der Waals surface area contributed by atoms with Crippen molar-refractivity contribution in [1.82, 2.24) is 0 Å². The predicted molar refractivity (Wildman–Crippen MR) is 89.7 cm³/mol. The molecule has 1 aromatic carbocycles. The number of thioether (sulfide) groups is 1. The fraction of sp³-hybridized carbons (Fsp3) is 0.667. The van der Waals surface area contributed by atoms with E-state index in [1.165, 1.54) is 74.8 Å². The monoisotopic (exact) mass is 289 g/mol. The van der Waals surface area contributed by atoms with Gasteiger partial charge in [-0.05, 0) is 49.9 Å². The predicted octanol–water partition coefficient (Wildman–Crippen LogP) is 5.86. The van der Waals surface area contributed by atoms with Gasteiger partial charge >= 0.3 is 0 Å². The molecule has 2 aliphatic carbocycles. The number of anilines is 1. The topological polar surface area (TPSA) is 12.0 Å². The van der Waals surface area contributed by atoms with Crippen molar-refractivity contribution in [2.45, 2.75) is 80.4 Å². The lowest BCUT2D eigenvalue weighted by Crippen LogP contribution is -2.18. The highest BCUT2D eigenvalue weighted by atomic mass is 32.2. The van der Waals surface area contributed by atoms with Crippen LogP contribution in [0.5, 0.6) is 0 Å². The van der Waals surface area contributed by atoms with Crippen LogP contribution in [0.25, 0.3) is 0 Å². The molecule has 1 nitrogen and oxygen atoms in total. The van der Waals surface area contributed by atoms with Crippen molar-refractivity contribution < 1.29 is 0 Å². The molecule has 3 rings (SSSR count). The lowest BCUT2D eigenvalue weighted by molar-refractivity contribution is 0.620. The highest BCUT2D eigenvalue weighted by molar-refractivity contribution is 8.00. The molecule has 2 heteroatoms. The molecule has 0 saturated heterocycles. The number of nitrogens with one attached hydrogen (secondary N) is 1. The minimum Gasteiger partial charge on any atom is -0.382 e. The van der Waals surface area contributed by atoms with Crippen molar-refractivity contribution in [2.24, 2.45) is 0 Å². The highest BCUT2D eigenvalue weighted by Crippen LogP contribution is 2.35. The van der Waals surface area contributed by atoms with Gasteiger partial charge in [0.15, 0.2) is 0 Å². The first-order chi connectivity index (χ1) is 9.90. The van der Waals surface area contributed by atoms with Crippen LogP contribution in [0.2, 0.25) is 0 Å². The Morgan fingerprint density at radius 3 is 2.00 bits per heavy atom. The summed E-state index contributed by atoms with van der Waals surface area (Å²) >= 11 is 2.08. The third-order valence-electron chi connectivity index (χ3n) is 4.69. The first-order valence-corrected chi connectivity index (χ1v) is 9.31. The Hall–Kier alpha value is -0.630. The van der Waals surface area contributed by atoms with Crippen LogP contribution in [-0.2, 0) is 0 Å². The van der Waals surface area contributed by atoms with Crippen LogP contribution in [0, 0.1) is 0 Å². The van der Waals surface area contributed by atoms with Gasteiger partial charge in [0.05, 0.1) is 0 Å². The Bertz CT molecular complexity index is 386. The maximum atomic E-state index is 3.73. The molecule has 0 aliphatic heterocycles. The summed E-state index contributed by atoms with van der Waals surface area (Å²) in [5.41, 5.74) is 1.31. The molecule has 0 heterocycles. The van der Waals surface area contributed by atoms with Gasteiger partial charge in [-0.3, -0.25) is 0 Å². The van der Waals surface area contributed by atoms with Gasteiger partial charge in [-0.1, -0.05) is 38.5 Å². The summed E-state index contributed by atoms with van der Waals surface area (Å²) in [5, 5.41) is 4.60. The minimum atomic E-state index is 0.700. The molecule has 1 N–H and O–H groups in total. The Morgan fingerprint density at radius 1 is 0.750 bits per heavy atom. The van der Waals surface area contributed by atoms with Gasteiger partial charge in [-0.2, -0.15) is 0 Å². The molecule has 0 spiro atoms. The van der Waals surface area contributed by atoms with E-state index in [1.807, 2.05) is 0 Å². The zero-order chi connectivity index (χ0) is 13.6. The smallest absolute Gasteiger partial charge is 0.0343 e. The van der Waals surface area contributed by atoms with Crippen LogP contribution in [0.3, 0.4) is 0 Å². The number of rotatable bonds is 4. The van der Waals surface area contributed by atoms with Gasteiger partial charge in [0.2, 0.25) is 0 Å². The molecule has 0 amide bonds. The Balaban J connectivity index is 1.52. The van der Waals surface area contributed by atoms with Gasteiger partial charge in [-0.25, -0.2) is 0 Å². The van der Waals surface area contributed by atoms with E-state index in [-0.39, 0.29) is 0 Å². The largest absolute Gasteiger partial charge is 0.382 e. The van der Waals surface area contributed by atoms with E-state index in [0.29, 0.717) is 6.04 Å². The third-order valence-corrected chi connectivity index (χ3v) is 6.03. The van der Waals surface area contributed by atoms with Crippen LogP contribution in [0.1, 0.15) is 64.2 Å². The van der Waals surface area contributed by atoms with Crippen molar-refractivity contribution >= 4 is 17.4 Å². The summed E-state index contributed by atoms with van der Waals surface area (Å²) in [4.78, 5) is 1.45. The second-order valence-electron chi connectivity index (χ2n) is 6.38. The standard InChI is InChI=1S/C18H27NS/c1-2-4-8-15(7-3-1)19-16-11-13-18(14-12-16)20-17-9-5-6-10-17/h11-15,17,19H,1-10H2. The average molecular weight is 289 g/mol. The molecular formula is C18H27NS. The Morgan fingerprint density at radius 2 is 1.35 bits per heavy atom. The number of hydrogen-bond donors (Lipinski definition) is 1. The quantitative estimate of drug-likeness (QED) is 0.697. The van der Waals surface area contributed by atoms with Crippen molar-refractivity contribution in [3.05, 3.63) is 24.3 Å². The molecule has 20 heavy (non-hydrogen) atoms. The Labute approximate surface area is 127 Å². The zero-order valence-corrected chi connectivity index (χ0v) is 13.3. The van der Waals surface area contributed by atoms with Crippen molar-refractivity contribution in [2.75, 3.05) is 5.32 Å². The molecule has 0 radical (unpaired) electrons. The first-order valence-electron chi connectivity index (χ1n) is 8.43. The highest BCUT2D eigenvalue weighted by Gasteiger charge is 2.16. The maximum absolute atomic E-state index is 3.73. The van der Waals surface area contributed by atoms with E-state index in [1.54, 1.807) is 0 Å². The van der Waals surface area contributed by atoms with E-state index >= 15 is 0 Å². The van der Waals surface area contributed by atoms with E-state index in [9.17, 15) is 0 Å². The number of benzene rings is 1.